The van der Waals surface area contributed by atoms with Gasteiger partial charge in [0.1, 0.15) is 0 Å². The third-order valence-electron chi connectivity index (χ3n) is 3.95. The van der Waals surface area contributed by atoms with E-state index in [-0.39, 0.29) is 6.04 Å². The van der Waals surface area contributed by atoms with E-state index in [2.05, 4.69) is 47.8 Å². The quantitative estimate of drug-likeness (QED) is 0.771. The van der Waals surface area contributed by atoms with Gasteiger partial charge in [-0.15, -0.1) is 11.3 Å². The zero-order valence-corrected chi connectivity index (χ0v) is 11.8. The zero-order valence-electron chi connectivity index (χ0n) is 11.0. The van der Waals surface area contributed by atoms with Gasteiger partial charge < -0.3 is 10.5 Å². The molecule has 0 spiro atoms. The van der Waals surface area contributed by atoms with E-state index in [1.807, 2.05) is 0 Å². The second-order valence-electron chi connectivity index (χ2n) is 5.19. The van der Waals surface area contributed by atoms with Crippen LogP contribution < -0.4 is 5.73 Å². The molecule has 2 aromatic carbocycles. The van der Waals surface area contributed by atoms with Crippen molar-refractivity contribution in [3.8, 4) is 0 Å². The maximum atomic E-state index is 6.49. The number of benzene rings is 2. The summed E-state index contributed by atoms with van der Waals surface area (Å²) in [5.74, 6) is 0. The number of rotatable bonds is 2. The first kappa shape index (κ1) is 12.1. The van der Waals surface area contributed by atoms with Crippen molar-refractivity contribution >= 4 is 21.4 Å². The Morgan fingerprint density at radius 3 is 2.85 bits per heavy atom. The van der Waals surface area contributed by atoms with Crippen molar-refractivity contribution in [2.45, 2.75) is 19.3 Å². The topological polar surface area (TPSA) is 35.2 Å². The summed E-state index contributed by atoms with van der Waals surface area (Å²) in [7, 11) is 0. The van der Waals surface area contributed by atoms with Gasteiger partial charge in [-0.1, -0.05) is 36.4 Å². The van der Waals surface area contributed by atoms with Crippen molar-refractivity contribution in [3.05, 3.63) is 70.1 Å². The Balaban J connectivity index is 1.78. The first-order chi connectivity index (χ1) is 9.83. The average molecular weight is 281 g/mol. The molecule has 2 heterocycles. The summed E-state index contributed by atoms with van der Waals surface area (Å²) in [4.78, 5) is 0. The van der Waals surface area contributed by atoms with Crippen LogP contribution >= 0.6 is 11.3 Å². The fraction of sp³-hybridized carbons (Fsp3) is 0.176. The molecule has 2 nitrogen and oxygen atoms in total. The van der Waals surface area contributed by atoms with Crippen LogP contribution in [0.1, 0.15) is 28.3 Å². The second-order valence-corrected chi connectivity index (χ2v) is 6.10. The van der Waals surface area contributed by atoms with Gasteiger partial charge in [-0.2, -0.15) is 0 Å². The lowest BCUT2D eigenvalue weighted by Gasteiger charge is -2.13. The molecule has 0 saturated heterocycles. The van der Waals surface area contributed by atoms with E-state index < -0.39 is 0 Å². The molecule has 0 saturated carbocycles. The Kier molecular flexibility index (Phi) is 2.84. The molecule has 1 atom stereocenters. The van der Waals surface area contributed by atoms with Crippen LogP contribution in [0.15, 0.2) is 47.8 Å². The molecule has 3 aromatic rings. The van der Waals surface area contributed by atoms with Crippen molar-refractivity contribution in [2.75, 3.05) is 0 Å². The van der Waals surface area contributed by atoms with Crippen LogP contribution in [-0.4, -0.2) is 0 Å². The summed E-state index contributed by atoms with van der Waals surface area (Å²) in [6, 6.07) is 14.8. The Morgan fingerprint density at radius 1 is 1.05 bits per heavy atom. The van der Waals surface area contributed by atoms with Crippen LogP contribution in [-0.2, 0) is 18.0 Å². The smallest absolute Gasteiger partial charge is 0.0725 e. The SMILES string of the molecule is NC(c1ccc2c(c1)COC2)c1csc2ccccc12. The summed E-state index contributed by atoms with van der Waals surface area (Å²) < 4.78 is 6.77. The molecule has 0 fully saturated rings. The van der Waals surface area contributed by atoms with Crippen molar-refractivity contribution < 1.29 is 4.74 Å². The molecule has 1 aromatic heterocycles. The Bertz CT molecular complexity index is 778. The first-order valence-corrected chi connectivity index (χ1v) is 7.62. The number of thiophene rings is 1. The van der Waals surface area contributed by atoms with Crippen molar-refractivity contribution in [2.24, 2.45) is 5.73 Å². The van der Waals surface area contributed by atoms with E-state index in [1.165, 1.54) is 26.8 Å². The van der Waals surface area contributed by atoms with Gasteiger partial charge >= 0.3 is 0 Å². The highest BCUT2D eigenvalue weighted by Gasteiger charge is 2.17. The predicted octanol–water partition coefficient (Wildman–Crippen LogP) is 3.98. The summed E-state index contributed by atoms with van der Waals surface area (Å²) >= 11 is 1.76. The summed E-state index contributed by atoms with van der Waals surface area (Å²) in [6.45, 7) is 1.44. The number of ether oxygens (including phenoxy) is 1. The number of hydrogen-bond acceptors (Lipinski definition) is 3. The lowest BCUT2D eigenvalue weighted by molar-refractivity contribution is 0.134. The molecule has 4 rings (SSSR count). The van der Waals surface area contributed by atoms with Crippen LogP contribution in [0.4, 0.5) is 0 Å². The van der Waals surface area contributed by atoms with Gasteiger partial charge in [0.05, 0.1) is 19.3 Å². The maximum Gasteiger partial charge on any atom is 0.0725 e. The molecule has 3 heteroatoms. The average Bonchev–Trinajstić information content (AvgIpc) is 3.12. The lowest BCUT2D eigenvalue weighted by atomic mass is 9.96. The molecule has 20 heavy (non-hydrogen) atoms. The summed E-state index contributed by atoms with van der Waals surface area (Å²) in [6.07, 6.45) is 0. The van der Waals surface area contributed by atoms with Crippen LogP contribution in [0, 0.1) is 0 Å². The molecule has 100 valence electrons. The number of nitrogens with two attached hydrogens (primary N) is 1. The summed E-state index contributed by atoms with van der Waals surface area (Å²) in [5.41, 5.74) is 11.4. The Hall–Kier alpha value is -1.68. The van der Waals surface area contributed by atoms with E-state index in [1.54, 1.807) is 11.3 Å². The molecule has 0 aliphatic carbocycles. The Morgan fingerprint density at radius 2 is 1.90 bits per heavy atom. The fourth-order valence-corrected chi connectivity index (χ4v) is 3.80. The van der Waals surface area contributed by atoms with Crippen LogP contribution in [0.25, 0.3) is 10.1 Å². The largest absolute Gasteiger partial charge is 0.372 e. The highest BCUT2D eigenvalue weighted by molar-refractivity contribution is 7.17. The highest BCUT2D eigenvalue weighted by Crippen LogP contribution is 2.33. The van der Waals surface area contributed by atoms with Crippen LogP contribution in [0.5, 0.6) is 0 Å². The minimum absolute atomic E-state index is 0.0722. The molecule has 1 aliphatic rings. The van der Waals surface area contributed by atoms with Gasteiger partial charge in [0.25, 0.3) is 0 Å². The Labute approximate surface area is 121 Å². The van der Waals surface area contributed by atoms with E-state index >= 15 is 0 Å². The normalized spacial score (nSPS) is 15.4. The van der Waals surface area contributed by atoms with Crippen LogP contribution in [0.2, 0.25) is 0 Å². The monoisotopic (exact) mass is 281 g/mol. The van der Waals surface area contributed by atoms with Crippen molar-refractivity contribution in [1.29, 1.82) is 0 Å². The first-order valence-electron chi connectivity index (χ1n) is 6.74. The second kappa shape index (κ2) is 4.70. The van der Waals surface area contributed by atoms with Crippen LogP contribution in [0.3, 0.4) is 0 Å². The highest BCUT2D eigenvalue weighted by atomic mass is 32.1. The minimum atomic E-state index is -0.0722. The molecule has 0 radical (unpaired) electrons. The van der Waals surface area contributed by atoms with Gasteiger partial charge in [-0.05, 0) is 39.1 Å². The third kappa shape index (κ3) is 1.86. The number of hydrogen-bond donors (Lipinski definition) is 1. The maximum absolute atomic E-state index is 6.49. The molecule has 0 amide bonds. The lowest BCUT2D eigenvalue weighted by Crippen LogP contribution is -2.11. The van der Waals surface area contributed by atoms with Crippen molar-refractivity contribution in [1.82, 2.24) is 0 Å². The molecular formula is C17H15NOS. The van der Waals surface area contributed by atoms with E-state index in [9.17, 15) is 0 Å². The molecule has 0 bridgehead atoms. The van der Waals surface area contributed by atoms with Gasteiger partial charge in [0.15, 0.2) is 0 Å². The molecule has 1 aliphatic heterocycles. The molecule has 1 unspecified atom stereocenters. The number of fused-ring (bicyclic) bond motifs is 2. The van der Waals surface area contributed by atoms with Gasteiger partial charge in [0, 0.05) is 4.70 Å². The zero-order chi connectivity index (χ0) is 13.5. The summed E-state index contributed by atoms with van der Waals surface area (Å²) in [5, 5.41) is 3.45. The molecular weight excluding hydrogens is 266 g/mol. The van der Waals surface area contributed by atoms with Gasteiger partial charge in [-0.3, -0.25) is 0 Å². The van der Waals surface area contributed by atoms with E-state index in [0.717, 1.165) is 12.2 Å². The van der Waals surface area contributed by atoms with E-state index in [0.29, 0.717) is 6.61 Å². The van der Waals surface area contributed by atoms with Crippen molar-refractivity contribution in [3.63, 3.8) is 0 Å². The fourth-order valence-electron chi connectivity index (χ4n) is 2.80. The standard InChI is InChI=1S/C17H15NOS/c18-17(11-5-6-12-8-19-9-13(12)7-11)15-10-20-16-4-2-1-3-14(15)16/h1-7,10,17H,8-9,18H2. The third-order valence-corrected chi connectivity index (χ3v) is 4.93. The van der Waals surface area contributed by atoms with Gasteiger partial charge in [0.2, 0.25) is 0 Å². The minimum Gasteiger partial charge on any atom is -0.372 e. The molecule has 2 N–H and O–H groups in total. The van der Waals surface area contributed by atoms with Gasteiger partial charge in [-0.25, -0.2) is 0 Å². The van der Waals surface area contributed by atoms with E-state index in [4.69, 9.17) is 10.5 Å². The predicted molar refractivity (Wildman–Crippen MR) is 82.8 cm³/mol.